The molecule has 0 aromatic heterocycles. The molecule has 0 aliphatic carbocycles. The zero-order valence-electron chi connectivity index (χ0n) is 16.2. The van der Waals surface area contributed by atoms with Gasteiger partial charge in [-0.25, -0.2) is 13.6 Å². The van der Waals surface area contributed by atoms with Crippen molar-refractivity contribution in [3.63, 3.8) is 0 Å². The first kappa shape index (κ1) is 21.8. The van der Waals surface area contributed by atoms with Gasteiger partial charge in [-0.1, -0.05) is 6.07 Å². The Morgan fingerprint density at radius 3 is 2.43 bits per heavy atom. The number of aliphatic hydroxyl groups excluding tert-OH is 1. The lowest BCUT2D eigenvalue weighted by Crippen LogP contribution is -2.32. The van der Waals surface area contributed by atoms with Crippen molar-refractivity contribution in [2.75, 3.05) is 13.7 Å². The molecule has 0 saturated heterocycles. The van der Waals surface area contributed by atoms with E-state index in [1.165, 1.54) is 31.4 Å². The maximum atomic E-state index is 13.4. The van der Waals surface area contributed by atoms with Gasteiger partial charge in [-0.3, -0.25) is 4.90 Å². The molecule has 1 unspecified atom stereocenters. The van der Waals surface area contributed by atoms with Crippen molar-refractivity contribution in [3.8, 4) is 5.75 Å². The number of halogens is 2. The van der Waals surface area contributed by atoms with Crippen molar-refractivity contribution in [2.24, 2.45) is 0 Å². The minimum absolute atomic E-state index is 0.0379. The van der Waals surface area contributed by atoms with Crippen LogP contribution in [-0.2, 0) is 6.54 Å². The molecule has 2 aromatic carbocycles. The lowest BCUT2D eigenvalue weighted by Gasteiger charge is -2.27. The number of carbonyl (C=O) groups is 1. The van der Waals surface area contributed by atoms with E-state index in [0.717, 1.165) is 6.07 Å². The summed E-state index contributed by atoms with van der Waals surface area (Å²) in [6, 6.07) is 8.33. The molecule has 0 aliphatic rings. The Balaban J connectivity index is 2.09. The third-order valence-corrected chi connectivity index (χ3v) is 4.59. The number of rotatable bonds is 9. The van der Waals surface area contributed by atoms with Crippen LogP contribution in [-0.4, -0.2) is 40.8 Å². The first-order valence-corrected chi connectivity index (χ1v) is 8.99. The van der Waals surface area contributed by atoms with Gasteiger partial charge in [-0.2, -0.15) is 0 Å². The lowest BCUT2D eigenvalue weighted by molar-refractivity contribution is 0.0696. The first-order chi connectivity index (χ1) is 13.2. The summed E-state index contributed by atoms with van der Waals surface area (Å²) in [5.74, 6) is -2.52. The molecule has 152 valence electrons. The monoisotopic (exact) mass is 393 g/mol. The largest absolute Gasteiger partial charge is 0.497 e. The molecule has 0 fully saturated rings. The number of hydrogen-bond acceptors (Lipinski definition) is 4. The minimum atomic E-state index is -1.10. The van der Waals surface area contributed by atoms with Gasteiger partial charge in [0.25, 0.3) is 0 Å². The average Bonchev–Trinajstić information content (AvgIpc) is 2.66. The number of nitrogens with zero attached hydrogens (tertiary/aromatic N) is 1. The smallest absolute Gasteiger partial charge is 0.335 e. The average molecular weight is 393 g/mol. The topological polar surface area (TPSA) is 70.0 Å². The molecule has 0 heterocycles. The summed E-state index contributed by atoms with van der Waals surface area (Å²) in [4.78, 5) is 13.3. The van der Waals surface area contributed by atoms with Crippen LogP contribution >= 0.6 is 0 Å². The number of carboxylic acids is 1. The SMILES string of the molecule is COc1cc(C(=O)O)cc(C(O)CCN(Cc2ccc(F)c(F)c2)C(C)C)c1. The number of carboxylic acid groups (broad SMARTS) is 1. The molecule has 0 radical (unpaired) electrons. The van der Waals surface area contributed by atoms with E-state index in [9.17, 15) is 23.8 Å². The molecule has 1 atom stereocenters. The van der Waals surface area contributed by atoms with Crippen molar-refractivity contribution >= 4 is 5.97 Å². The molecular formula is C21H25F2NO4. The highest BCUT2D eigenvalue weighted by molar-refractivity contribution is 5.88. The van der Waals surface area contributed by atoms with Crippen molar-refractivity contribution in [3.05, 3.63) is 64.7 Å². The molecule has 0 amide bonds. The van der Waals surface area contributed by atoms with Gasteiger partial charge < -0.3 is 14.9 Å². The van der Waals surface area contributed by atoms with Crippen LogP contribution in [0.4, 0.5) is 8.78 Å². The van der Waals surface area contributed by atoms with Gasteiger partial charge in [0.15, 0.2) is 11.6 Å². The van der Waals surface area contributed by atoms with E-state index in [1.54, 1.807) is 6.07 Å². The van der Waals surface area contributed by atoms with E-state index in [-0.39, 0.29) is 11.6 Å². The summed E-state index contributed by atoms with van der Waals surface area (Å²) < 4.78 is 31.7. The Morgan fingerprint density at radius 2 is 1.86 bits per heavy atom. The van der Waals surface area contributed by atoms with Crippen molar-refractivity contribution in [1.29, 1.82) is 0 Å². The van der Waals surface area contributed by atoms with Gasteiger partial charge in [0.05, 0.1) is 18.8 Å². The van der Waals surface area contributed by atoms with Gasteiger partial charge in [-0.15, -0.1) is 0 Å². The zero-order chi connectivity index (χ0) is 20.8. The number of aliphatic hydroxyl groups is 1. The molecule has 0 spiro atoms. The minimum Gasteiger partial charge on any atom is -0.497 e. The van der Waals surface area contributed by atoms with Crippen molar-refractivity contribution in [1.82, 2.24) is 4.90 Å². The van der Waals surface area contributed by atoms with Crippen LogP contribution in [0, 0.1) is 11.6 Å². The molecule has 7 heteroatoms. The second kappa shape index (κ2) is 9.61. The fourth-order valence-corrected chi connectivity index (χ4v) is 2.90. The molecule has 0 aliphatic heterocycles. The maximum Gasteiger partial charge on any atom is 0.335 e. The maximum absolute atomic E-state index is 13.4. The summed E-state index contributed by atoms with van der Waals surface area (Å²) >= 11 is 0. The molecule has 2 N–H and O–H groups in total. The van der Waals surface area contributed by atoms with Gasteiger partial charge >= 0.3 is 5.97 Å². The fraction of sp³-hybridized carbons (Fsp3) is 0.381. The summed E-state index contributed by atoms with van der Waals surface area (Å²) in [6.45, 7) is 4.83. The first-order valence-electron chi connectivity index (χ1n) is 8.99. The normalized spacial score (nSPS) is 12.4. The molecule has 0 saturated carbocycles. The predicted molar refractivity (Wildman–Crippen MR) is 101 cm³/mol. The van der Waals surface area contributed by atoms with E-state index in [1.807, 2.05) is 18.7 Å². The van der Waals surface area contributed by atoms with Gasteiger partial charge in [0.2, 0.25) is 0 Å². The van der Waals surface area contributed by atoms with Crippen LogP contribution in [0.15, 0.2) is 36.4 Å². The Morgan fingerprint density at radius 1 is 1.14 bits per heavy atom. The highest BCUT2D eigenvalue weighted by Crippen LogP contribution is 2.25. The van der Waals surface area contributed by atoms with E-state index < -0.39 is 23.7 Å². The van der Waals surface area contributed by atoms with Crippen LogP contribution in [0.1, 0.15) is 47.9 Å². The number of hydrogen-bond donors (Lipinski definition) is 2. The second-order valence-electron chi connectivity index (χ2n) is 6.92. The quantitative estimate of drug-likeness (QED) is 0.674. The summed E-state index contributed by atoms with van der Waals surface area (Å²) in [7, 11) is 1.43. The van der Waals surface area contributed by atoms with E-state index in [0.29, 0.717) is 36.4 Å². The summed E-state index contributed by atoms with van der Waals surface area (Å²) in [5.41, 5.74) is 1.13. The Hall–Kier alpha value is -2.51. The van der Waals surface area contributed by atoms with Crippen LogP contribution in [0.3, 0.4) is 0 Å². The third-order valence-electron chi connectivity index (χ3n) is 4.59. The van der Waals surface area contributed by atoms with Gasteiger partial charge in [0, 0.05) is 19.1 Å². The zero-order valence-corrected chi connectivity index (χ0v) is 16.2. The molecule has 5 nitrogen and oxygen atoms in total. The van der Waals surface area contributed by atoms with Gasteiger partial charge in [0.1, 0.15) is 5.75 Å². The van der Waals surface area contributed by atoms with Crippen LogP contribution in [0.25, 0.3) is 0 Å². The van der Waals surface area contributed by atoms with Crippen LogP contribution < -0.4 is 4.74 Å². The van der Waals surface area contributed by atoms with Gasteiger partial charge in [-0.05, 0) is 61.7 Å². The fourth-order valence-electron chi connectivity index (χ4n) is 2.90. The Kier molecular flexibility index (Phi) is 7.48. The molecule has 2 rings (SSSR count). The van der Waals surface area contributed by atoms with Crippen molar-refractivity contribution in [2.45, 2.75) is 39.0 Å². The molecule has 2 aromatic rings. The standard InChI is InChI=1S/C21H25F2NO4/c1-13(2)24(12-14-4-5-18(22)19(23)8-14)7-6-20(25)15-9-16(21(26)27)11-17(10-15)28-3/h4-5,8-11,13,20,25H,6-7,12H2,1-3H3,(H,26,27). The summed E-state index contributed by atoms with van der Waals surface area (Å²) in [5, 5.41) is 19.7. The molecule has 28 heavy (non-hydrogen) atoms. The van der Waals surface area contributed by atoms with E-state index in [4.69, 9.17) is 4.74 Å². The van der Waals surface area contributed by atoms with Crippen LogP contribution in [0.5, 0.6) is 5.75 Å². The third kappa shape index (κ3) is 5.74. The number of methoxy groups -OCH3 is 1. The molecule has 0 bridgehead atoms. The van der Waals surface area contributed by atoms with Crippen LogP contribution in [0.2, 0.25) is 0 Å². The highest BCUT2D eigenvalue weighted by Gasteiger charge is 2.17. The number of aromatic carboxylic acids is 1. The number of ether oxygens (including phenoxy) is 1. The van der Waals surface area contributed by atoms with Crippen molar-refractivity contribution < 1.29 is 28.5 Å². The van der Waals surface area contributed by atoms with E-state index >= 15 is 0 Å². The lowest BCUT2D eigenvalue weighted by atomic mass is 10.0. The highest BCUT2D eigenvalue weighted by atomic mass is 19.2. The molecular weight excluding hydrogens is 368 g/mol. The van der Waals surface area contributed by atoms with E-state index in [2.05, 4.69) is 0 Å². The predicted octanol–water partition coefficient (Wildman–Crippen LogP) is 4.01. The summed E-state index contributed by atoms with van der Waals surface area (Å²) in [6.07, 6.45) is -0.548. The Labute approximate surface area is 163 Å². The number of benzene rings is 2. The Bertz CT molecular complexity index is 826. The second-order valence-corrected chi connectivity index (χ2v) is 6.92.